The second-order valence-electron chi connectivity index (χ2n) is 3.52. The Kier molecular flexibility index (Phi) is 4.38. The van der Waals surface area contributed by atoms with E-state index in [1.807, 2.05) is 6.07 Å². The molecule has 0 radical (unpaired) electrons. The lowest BCUT2D eigenvalue weighted by Crippen LogP contribution is -2.37. The van der Waals surface area contributed by atoms with Gasteiger partial charge in [0, 0.05) is 45.1 Å². The average molecular weight is 223 g/mol. The molecule has 0 bridgehead atoms. The highest BCUT2D eigenvalue weighted by Crippen LogP contribution is 2.07. The topological polar surface area (TPSA) is 83.3 Å². The number of pyridine rings is 1. The van der Waals surface area contributed by atoms with Crippen molar-refractivity contribution in [1.82, 2.24) is 15.2 Å². The molecule has 0 aliphatic carbocycles. The fourth-order valence-electron chi connectivity index (χ4n) is 1.09. The number of aromatic nitrogens is 1. The lowest BCUT2D eigenvalue weighted by molar-refractivity contribution is 0.218. The second-order valence-corrected chi connectivity index (χ2v) is 3.52. The molecular formula is C10H17N5O. The van der Waals surface area contributed by atoms with Gasteiger partial charge in [0.05, 0.1) is 0 Å². The van der Waals surface area contributed by atoms with Crippen molar-refractivity contribution < 1.29 is 4.79 Å². The van der Waals surface area contributed by atoms with E-state index in [2.05, 4.69) is 15.6 Å². The Hall–Kier alpha value is -1.98. The quantitative estimate of drug-likeness (QED) is 0.643. The summed E-state index contributed by atoms with van der Waals surface area (Å²) in [6, 6.07) is 3.47. The minimum atomic E-state index is -0.101. The smallest absolute Gasteiger partial charge is 0.316 e. The lowest BCUT2D eigenvalue weighted by atomic mass is 10.4. The summed E-state index contributed by atoms with van der Waals surface area (Å²) in [4.78, 5) is 16.5. The van der Waals surface area contributed by atoms with E-state index in [9.17, 15) is 4.79 Å². The molecule has 0 atom stereocenters. The fourth-order valence-corrected chi connectivity index (χ4v) is 1.09. The molecule has 0 aromatic carbocycles. The molecule has 4 N–H and O–H groups in total. The summed E-state index contributed by atoms with van der Waals surface area (Å²) in [6.45, 7) is 1.20. The number of rotatable bonds is 4. The molecule has 2 amide bonds. The zero-order valence-electron chi connectivity index (χ0n) is 9.53. The second kappa shape index (κ2) is 5.79. The van der Waals surface area contributed by atoms with Crippen molar-refractivity contribution in [3.8, 4) is 0 Å². The van der Waals surface area contributed by atoms with E-state index in [0.29, 0.717) is 18.9 Å². The van der Waals surface area contributed by atoms with Crippen LogP contribution in [0.2, 0.25) is 0 Å². The van der Waals surface area contributed by atoms with Gasteiger partial charge in [-0.05, 0) is 6.07 Å². The Morgan fingerprint density at radius 3 is 2.88 bits per heavy atom. The average Bonchev–Trinajstić information content (AvgIpc) is 2.24. The molecule has 0 aliphatic heterocycles. The number of amides is 2. The third-order valence-electron chi connectivity index (χ3n) is 1.92. The highest BCUT2D eigenvalue weighted by molar-refractivity contribution is 5.73. The third kappa shape index (κ3) is 4.04. The molecule has 88 valence electrons. The Labute approximate surface area is 94.8 Å². The van der Waals surface area contributed by atoms with E-state index in [-0.39, 0.29) is 6.03 Å². The summed E-state index contributed by atoms with van der Waals surface area (Å²) < 4.78 is 0. The van der Waals surface area contributed by atoms with Crippen molar-refractivity contribution in [2.24, 2.45) is 0 Å². The van der Waals surface area contributed by atoms with Crippen LogP contribution in [0.15, 0.2) is 18.3 Å². The molecule has 6 nitrogen and oxygen atoms in total. The summed E-state index contributed by atoms with van der Waals surface area (Å²) in [5, 5.41) is 5.87. The summed E-state index contributed by atoms with van der Waals surface area (Å²) in [7, 11) is 3.40. The number of nitrogens with two attached hydrogens (primary N) is 1. The standard InChI is InChI=1S/C10H17N5O/c1-15(2)10(16)14-6-5-12-8-3-4-13-9(11)7-8/h3-4,7H,5-6H2,1-2H3,(H,14,16)(H3,11,12,13). The Bertz CT molecular complexity index is 353. The van der Waals surface area contributed by atoms with Crippen LogP contribution in [0.1, 0.15) is 0 Å². The normalized spacial score (nSPS) is 9.62. The Morgan fingerprint density at radius 2 is 2.25 bits per heavy atom. The molecule has 0 fully saturated rings. The Balaban J connectivity index is 2.23. The number of hydrogen-bond acceptors (Lipinski definition) is 4. The van der Waals surface area contributed by atoms with E-state index >= 15 is 0 Å². The molecule has 0 spiro atoms. The van der Waals surface area contributed by atoms with Crippen LogP contribution in [0, 0.1) is 0 Å². The highest BCUT2D eigenvalue weighted by atomic mass is 16.2. The number of nitrogen functional groups attached to an aromatic ring is 1. The van der Waals surface area contributed by atoms with Crippen molar-refractivity contribution >= 4 is 17.5 Å². The van der Waals surface area contributed by atoms with Crippen LogP contribution < -0.4 is 16.4 Å². The van der Waals surface area contributed by atoms with E-state index < -0.39 is 0 Å². The maximum absolute atomic E-state index is 11.2. The van der Waals surface area contributed by atoms with Gasteiger partial charge in [0.2, 0.25) is 0 Å². The molecule has 1 heterocycles. The molecule has 16 heavy (non-hydrogen) atoms. The van der Waals surface area contributed by atoms with Gasteiger partial charge in [-0.3, -0.25) is 0 Å². The van der Waals surface area contributed by atoms with E-state index in [1.54, 1.807) is 26.4 Å². The predicted octanol–water partition coefficient (Wildman–Crippen LogP) is 0.347. The van der Waals surface area contributed by atoms with Gasteiger partial charge in [0.25, 0.3) is 0 Å². The van der Waals surface area contributed by atoms with Crippen LogP contribution in [0.5, 0.6) is 0 Å². The van der Waals surface area contributed by atoms with Crippen LogP contribution in [0.4, 0.5) is 16.3 Å². The van der Waals surface area contributed by atoms with Crippen LogP contribution in [0.3, 0.4) is 0 Å². The highest BCUT2D eigenvalue weighted by Gasteiger charge is 2.00. The van der Waals surface area contributed by atoms with Crippen molar-refractivity contribution in [3.63, 3.8) is 0 Å². The molecule has 1 rings (SSSR count). The first-order valence-corrected chi connectivity index (χ1v) is 5.00. The molecule has 1 aromatic rings. The maximum atomic E-state index is 11.2. The SMILES string of the molecule is CN(C)C(=O)NCCNc1ccnc(N)c1. The summed E-state index contributed by atoms with van der Waals surface area (Å²) >= 11 is 0. The lowest BCUT2D eigenvalue weighted by Gasteiger charge is -2.12. The van der Waals surface area contributed by atoms with E-state index in [4.69, 9.17) is 5.73 Å². The van der Waals surface area contributed by atoms with Gasteiger partial charge in [-0.1, -0.05) is 0 Å². The van der Waals surface area contributed by atoms with Gasteiger partial charge in [0.1, 0.15) is 5.82 Å². The summed E-state index contributed by atoms with van der Waals surface area (Å²) in [6.07, 6.45) is 1.63. The zero-order chi connectivity index (χ0) is 12.0. The summed E-state index contributed by atoms with van der Waals surface area (Å²) in [5.74, 6) is 0.474. The monoisotopic (exact) mass is 223 g/mol. The van der Waals surface area contributed by atoms with Gasteiger partial charge in [-0.25, -0.2) is 9.78 Å². The van der Waals surface area contributed by atoms with Gasteiger partial charge >= 0.3 is 6.03 Å². The fraction of sp³-hybridized carbons (Fsp3) is 0.400. The molecule has 6 heteroatoms. The first-order chi connectivity index (χ1) is 7.59. The molecule has 1 aromatic heterocycles. The number of anilines is 2. The number of carbonyl (C=O) groups is 1. The van der Waals surface area contributed by atoms with Crippen molar-refractivity contribution in [2.75, 3.05) is 38.2 Å². The van der Waals surface area contributed by atoms with Gasteiger partial charge in [-0.2, -0.15) is 0 Å². The number of carbonyl (C=O) groups excluding carboxylic acids is 1. The first kappa shape index (κ1) is 12.1. The van der Waals surface area contributed by atoms with Crippen molar-refractivity contribution in [1.29, 1.82) is 0 Å². The Morgan fingerprint density at radius 1 is 1.50 bits per heavy atom. The largest absolute Gasteiger partial charge is 0.384 e. The minimum Gasteiger partial charge on any atom is -0.384 e. The zero-order valence-corrected chi connectivity index (χ0v) is 9.53. The minimum absolute atomic E-state index is 0.101. The maximum Gasteiger partial charge on any atom is 0.316 e. The predicted molar refractivity (Wildman–Crippen MR) is 64.2 cm³/mol. The van der Waals surface area contributed by atoms with Crippen LogP contribution in [-0.2, 0) is 0 Å². The molecular weight excluding hydrogens is 206 g/mol. The van der Waals surface area contributed by atoms with E-state index in [0.717, 1.165) is 5.69 Å². The third-order valence-corrected chi connectivity index (χ3v) is 1.92. The summed E-state index contributed by atoms with van der Waals surface area (Å²) in [5.41, 5.74) is 6.42. The molecule has 0 unspecified atom stereocenters. The van der Waals surface area contributed by atoms with Gasteiger partial charge in [0.15, 0.2) is 0 Å². The number of nitrogens with one attached hydrogen (secondary N) is 2. The van der Waals surface area contributed by atoms with Gasteiger partial charge in [-0.15, -0.1) is 0 Å². The van der Waals surface area contributed by atoms with Crippen LogP contribution in [0.25, 0.3) is 0 Å². The van der Waals surface area contributed by atoms with Gasteiger partial charge < -0.3 is 21.3 Å². The van der Waals surface area contributed by atoms with Crippen molar-refractivity contribution in [3.05, 3.63) is 18.3 Å². The molecule has 0 saturated heterocycles. The molecule has 0 aliphatic rings. The number of urea groups is 1. The number of nitrogens with zero attached hydrogens (tertiary/aromatic N) is 2. The van der Waals surface area contributed by atoms with Crippen LogP contribution >= 0.6 is 0 Å². The molecule has 0 saturated carbocycles. The van der Waals surface area contributed by atoms with Crippen molar-refractivity contribution in [2.45, 2.75) is 0 Å². The van der Waals surface area contributed by atoms with Crippen LogP contribution in [-0.4, -0.2) is 43.1 Å². The first-order valence-electron chi connectivity index (χ1n) is 5.00. The number of hydrogen-bond donors (Lipinski definition) is 3. The van der Waals surface area contributed by atoms with E-state index in [1.165, 1.54) is 4.90 Å².